The molecule has 1 N–H and O–H groups in total. The van der Waals surface area contributed by atoms with Crippen LogP contribution in [0.1, 0.15) is 72.6 Å². The van der Waals surface area contributed by atoms with Crippen molar-refractivity contribution in [2.75, 3.05) is 6.54 Å². The molecule has 2 fully saturated rings. The van der Waals surface area contributed by atoms with E-state index in [9.17, 15) is 14.7 Å². The molecule has 1 aliphatic heterocycles. The minimum Gasteiger partial charge on any atom is -0.388 e. The Labute approximate surface area is 127 Å². The number of aliphatic hydroxyl groups is 1. The summed E-state index contributed by atoms with van der Waals surface area (Å²) in [7, 11) is 0. The molecule has 0 unspecified atom stereocenters. The van der Waals surface area contributed by atoms with Crippen LogP contribution in [0.15, 0.2) is 0 Å². The van der Waals surface area contributed by atoms with Gasteiger partial charge in [-0.1, -0.05) is 27.7 Å². The van der Waals surface area contributed by atoms with Crippen LogP contribution >= 0.6 is 0 Å². The van der Waals surface area contributed by atoms with Gasteiger partial charge >= 0.3 is 0 Å². The Hall–Kier alpha value is -0.900. The highest BCUT2D eigenvalue weighted by Gasteiger charge is 2.51. The first-order valence-electron chi connectivity index (χ1n) is 8.24. The second-order valence-corrected chi connectivity index (χ2v) is 7.84. The normalized spacial score (nSPS) is 27.2. The van der Waals surface area contributed by atoms with Crippen LogP contribution in [0.25, 0.3) is 0 Å². The lowest BCUT2D eigenvalue weighted by molar-refractivity contribution is -0.147. The molecular formula is C17H29NO3. The van der Waals surface area contributed by atoms with Crippen LogP contribution in [0.3, 0.4) is 0 Å². The third-order valence-electron chi connectivity index (χ3n) is 5.83. The van der Waals surface area contributed by atoms with E-state index in [4.69, 9.17) is 0 Å². The van der Waals surface area contributed by atoms with Crippen molar-refractivity contribution < 1.29 is 14.7 Å². The first-order valence-corrected chi connectivity index (χ1v) is 8.24. The summed E-state index contributed by atoms with van der Waals surface area (Å²) in [6, 6.07) is 0. The standard InChI is InChI=1S/C17H29NO3/c1-5-16(6-2)11-13(19)18(14(16)20)12-17(21)9-7-15(3,4)8-10-17/h21H,5-12H2,1-4H3. The average Bonchev–Trinajstić information content (AvgIpc) is 2.67. The molecule has 0 aromatic carbocycles. The van der Waals surface area contributed by atoms with Crippen molar-refractivity contribution in [2.45, 2.75) is 78.2 Å². The van der Waals surface area contributed by atoms with E-state index in [1.807, 2.05) is 13.8 Å². The average molecular weight is 295 g/mol. The van der Waals surface area contributed by atoms with E-state index in [1.165, 1.54) is 4.90 Å². The Morgan fingerprint density at radius 2 is 1.57 bits per heavy atom. The summed E-state index contributed by atoms with van der Waals surface area (Å²) in [6.45, 7) is 8.53. The summed E-state index contributed by atoms with van der Waals surface area (Å²) in [6.07, 6.45) is 4.90. The van der Waals surface area contributed by atoms with E-state index >= 15 is 0 Å². The van der Waals surface area contributed by atoms with Crippen LogP contribution in [-0.2, 0) is 9.59 Å². The van der Waals surface area contributed by atoms with Gasteiger partial charge < -0.3 is 5.11 Å². The second kappa shape index (κ2) is 5.38. The molecule has 1 heterocycles. The lowest BCUT2D eigenvalue weighted by Gasteiger charge is -2.41. The molecule has 120 valence electrons. The summed E-state index contributed by atoms with van der Waals surface area (Å²) in [5.41, 5.74) is -1.17. The molecule has 4 nitrogen and oxygen atoms in total. The van der Waals surface area contributed by atoms with Gasteiger partial charge in [-0.25, -0.2) is 0 Å². The fourth-order valence-corrected chi connectivity index (χ4v) is 3.67. The molecule has 0 spiro atoms. The largest absolute Gasteiger partial charge is 0.388 e. The van der Waals surface area contributed by atoms with E-state index in [-0.39, 0.29) is 23.8 Å². The third-order valence-corrected chi connectivity index (χ3v) is 5.83. The van der Waals surface area contributed by atoms with Gasteiger partial charge in [0.2, 0.25) is 11.8 Å². The van der Waals surface area contributed by atoms with E-state index in [0.717, 1.165) is 12.8 Å². The lowest BCUT2D eigenvalue weighted by atomic mass is 9.71. The number of nitrogens with zero attached hydrogens (tertiary/aromatic N) is 1. The smallest absolute Gasteiger partial charge is 0.235 e. The summed E-state index contributed by atoms with van der Waals surface area (Å²) in [5, 5.41) is 10.8. The van der Waals surface area contributed by atoms with Crippen LogP contribution in [0, 0.1) is 10.8 Å². The van der Waals surface area contributed by atoms with Crippen LogP contribution in [-0.4, -0.2) is 34.0 Å². The molecule has 0 aromatic rings. The number of β-amino-alcohol motifs (C(OH)–C–C–N with tert-alkyl or cyclic N) is 1. The molecule has 0 atom stereocenters. The zero-order valence-electron chi connectivity index (χ0n) is 13.9. The Morgan fingerprint density at radius 1 is 1.05 bits per heavy atom. The molecule has 21 heavy (non-hydrogen) atoms. The fourth-order valence-electron chi connectivity index (χ4n) is 3.67. The van der Waals surface area contributed by atoms with Gasteiger partial charge in [-0.15, -0.1) is 0 Å². The molecule has 0 bridgehead atoms. The molecule has 2 aliphatic rings. The predicted molar refractivity (Wildman–Crippen MR) is 81.6 cm³/mol. The highest BCUT2D eigenvalue weighted by Crippen LogP contribution is 2.43. The molecule has 1 saturated carbocycles. The maximum Gasteiger partial charge on any atom is 0.235 e. The maximum absolute atomic E-state index is 12.6. The molecule has 2 amide bonds. The first-order chi connectivity index (χ1) is 9.67. The van der Waals surface area contributed by atoms with Crippen molar-refractivity contribution in [1.82, 2.24) is 4.90 Å². The number of rotatable bonds is 4. The van der Waals surface area contributed by atoms with Gasteiger partial charge in [0.05, 0.1) is 17.6 Å². The number of imide groups is 1. The molecule has 2 rings (SSSR count). The Balaban J connectivity index is 2.10. The fraction of sp³-hybridized carbons (Fsp3) is 0.882. The quantitative estimate of drug-likeness (QED) is 0.811. The van der Waals surface area contributed by atoms with Crippen molar-refractivity contribution in [2.24, 2.45) is 10.8 Å². The monoisotopic (exact) mass is 295 g/mol. The van der Waals surface area contributed by atoms with Crippen LogP contribution in [0.2, 0.25) is 0 Å². The summed E-state index contributed by atoms with van der Waals surface area (Å²) >= 11 is 0. The number of carbonyl (C=O) groups excluding carboxylic acids is 2. The number of hydrogen-bond acceptors (Lipinski definition) is 3. The predicted octanol–water partition coefficient (Wildman–Crippen LogP) is 2.88. The summed E-state index contributed by atoms with van der Waals surface area (Å²) in [4.78, 5) is 26.2. The van der Waals surface area contributed by atoms with E-state index < -0.39 is 11.0 Å². The van der Waals surface area contributed by atoms with Crippen LogP contribution in [0.4, 0.5) is 0 Å². The minimum atomic E-state index is -0.890. The van der Waals surface area contributed by atoms with E-state index in [2.05, 4.69) is 13.8 Å². The number of likely N-dealkylation sites (tertiary alicyclic amines) is 1. The topological polar surface area (TPSA) is 57.6 Å². The molecule has 1 aliphatic carbocycles. The molecule has 0 aromatic heterocycles. The lowest BCUT2D eigenvalue weighted by Crippen LogP contribution is -2.49. The van der Waals surface area contributed by atoms with E-state index in [0.29, 0.717) is 32.1 Å². The van der Waals surface area contributed by atoms with Gasteiger partial charge in [-0.2, -0.15) is 0 Å². The zero-order valence-corrected chi connectivity index (χ0v) is 13.9. The maximum atomic E-state index is 12.6. The van der Waals surface area contributed by atoms with Crippen molar-refractivity contribution in [3.8, 4) is 0 Å². The van der Waals surface area contributed by atoms with Gasteiger partial charge in [0.1, 0.15) is 0 Å². The van der Waals surface area contributed by atoms with Crippen LogP contribution < -0.4 is 0 Å². The van der Waals surface area contributed by atoms with Gasteiger partial charge in [0.15, 0.2) is 0 Å². The SMILES string of the molecule is CCC1(CC)CC(=O)N(CC2(O)CCC(C)(C)CC2)C1=O. The zero-order chi connectivity index (χ0) is 15.9. The molecule has 4 heteroatoms. The van der Waals surface area contributed by atoms with Gasteiger partial charge in [-0.3, -0.25) is 14.5 Å². The Kier molecular flexibility index (Phi) is 4.22. The Bertz CT molecular complexity index is 427. The van der Waals surface area contributed by atoms with Crippen molar-refractivity contribution in [3.63, 3.8) is 0 Å². The van der Waals surface area contributed by atoms with Crippen LogP contribution in [0.5, 0.6) is 0 Å². The second-order valence-electron chi connectivity index (χ2n) is 7.84. The van der Waals surface area contributed by atoms with Crippen molar-refractivity contribution in [3.05, 3.63) is 0 Å². The minimum absolute atomic E-state index is 0.0734. The molecular weight excluding hydrogens is 266 g/mol. The summed E-state index contributed by atoms with van der Waals surface area (Å²) in [5.74, 6) is -0.183. The number of carbonyl (C=O) groups is 2. The van der Waals surface area contributed by atoms with Crippen molar-refractivity contribution >= 4 is 11.8 Å². The Morgan fingerprint density at radius 3 is 2.00 bits per heavy atom. The highest BCUT2D eigenvalue weighted by molar-refractivity contribution is 6.05. The molecule has 1 saturated heterocycles. The third kappa shape index (κ3) is 3.01. The van der Waals surface area contributed by atoms with Gasteiger partial charge in [-0.05, 0) is 43.9 Å². The first kappa shape index (κ1) is 16.5. The van der Waals surface area contributed by atoms with Gasteiger partial charge in [0, 0.05) is 6.42 Å². The number of amides is 2. The number of hydrogen-bond donors (Lipinski definition) is 1. The highest BCUT2D eigenvalue weighted by atomic mass is 16.3. The molecule has 0 radical (unpaired) electrons. The summed E-state index contributed by atoms with van der Waals surface area (Å²) < 4.78 is 0. The van der Waals surface area contributed by atoms with Crippen molar-refractivity contribution in [1.29, 1.82) is 0 Å². The van der Waals surface area contributed by atoms with E-state index in [1.54, 1.807) is 0 Å². The van der Waals surface area contributed by atoms with Gasteiger partial charge in [0.25, 0.3) is 0 Å².